The summed E-state index contributed by atoms with van der Waals surface area (Å²) in [4.78, 5) is 16.9. The molecule has 1 unspecified atom stereocenters. The SMILES string of the molecule is CC(C)(O)C1Cc2ccccc2CCN1C(=O)N1CCCCC1. The van der Waals surface area contributed by atoms with Crippen LogP contribution in [0.5, 0.6) is 0 Å². The highest BCUT2D eigenvalue weighted by Crippen LogP contribution is 2.27. The maximum atomic E-state index is 13.1. The van der Waals surface area contributed by atoms with E-state index in [1.165, 1.54) is 17.5 Å². The molecule has 4 heteroatoms. The van der Waals surface area contributed by atoms with Gasteiger partial charge in [-0.1, -0.05) is 24.3 Å². The van der Waals surface area contributed by atoms with Crippen LogP contribution in [0.25, 0.3) is 0 Å². The van der Waals surface area contributed by atoms with Crippen LogP contribution in [0.15, 0.2) is 24.3 Å². The van der Waals surface area contributed by atoms with E-state index >= 15 is 0 Å². The average molecular weight is 316 g/mol. The number of amides is 2. The number of aliphatic hydroxyl groups is 1. The Morgan fingerprint density at radius 1 is 1.09 bits per heavy atom. The molecule has 0 spiro atoms. The van der Waals surface area contributed by atoms with E-state index in [9.17, 15) is 9.90 Å². The number of urea groups is 1. The van der Waals surface area contributed by atoms with Crippen molar-refractivity contribution < 1.29 is 9.90 Å². The van der Waals surface area contributed by atoms with Crippen LogP contribution in [-0.4, -0.2) is 52.2 Å². The lowest BCUT2D eigenvalue weighted by Crippen LogP contribution is -2.57. The van der Waals surface area contributed by atoms with Gasteiger partial charge in [0.2, 0.25) is 0 Å². The van der Waals surface area contributed by atoms with Crippen molar-refractivity contribution in [1.29, 1.82) is 0 Å². The fraction of sp³-hybridized carbons (Fsp3) is 0.632. The van der Waals surface area contributed by atoms with Gasteiger partial charge in [-0.15, -0.1) is 0 Å². The summed E-state index contributed by atoms with van der Waals surface area (Å²) in [7, 11) is 0. The second kappa shape index (κ2) is 6.52. The molecule has 0 saturated carbocycles. The molecule has 0 aromatic heterocycles. The van der Waals surface area contributed by atoms with Crippen LogP contribution in [0.4, 0.5) is 4.79 Å². The molecule has 1 fully saturated rings. The Balaban J connectivity index is 1.87. The number of likely N-dealkylation sites (tertiary alicyclic amines) is 1. The summed E-state index contributed by atoms with van der Waals surface area (Å²) in [5.41, 5.74) is 1.65. The van der Waals surface area contributed by atoms with Crippen LogP contribution >= 0.6 is 0 Å². The zero-order valence-electron chi connectivity index (χ0n) is 14.3. The van der Waals surface area contributed by atoms with E-state index in [2.05, 4.69) is 18.2 Å². The molecule has 0 radical (unpaired) electrons. The van der Waals surface area contributed by atoms with Crippen molar-refractivity contribution in [2.45, 2.75) is 57.6 Å². The maximum Gasteiger partial charge on any atom is 0.320 e. The fourth-order valence-electron chi connectivity index (χ4n) is 3.84. The Morgan fingerprint density at radius 2 is 1.74 bits per heavy atom. The van der Waals surface area contributed by atoms with Crippen molar-refractivity contribution in [2.24, 2.45) is 0 Å². The van der Waals surface area contributed by atoms with Crippen LogP contribution in [0.2, 0.25) is 0 Å². The van der Waals surface area contributed by atoms with Gasteiger partial charge in [-0.2, -0.15) is 0 Å². The minimum atomic E-state index is -0.914. The third-order valence-electron chi connectivity index (χ3n) is 5.22. The third kappa shape index (κ3) is 3.52. The molecule has 2 aliphatic heterocycles. The van der Waals surface area contributed by atoms with Gasteiger partial charge in [-0.05, 0) is 57.1 Å². The Bertz CT molecular complexity index is 559. The van der Waals surface area contributed by atoms with Gasteiger partial charge in [0, 0.05) is 19.6 Å². The molecule has 0 bridgehead atoms. The second-order valence-corrected chi connectivity index (χ2v) is 7.42. The lowest BCUT2D eigenvalue weighted by Gasteiger charge is -2.41. The molecule has 2 aliphatic rings. The number of hydrogen-bond acceptors (Lipinski definition) is 2. The van der Waals surface area contributed by atoms with Gasteiger partial charge in [0.05, 0.1) is 11.6 Å². The first-order chi connectivity index (χ1) is 11.0. The molecule has 1 aromatic carbocycles. The quantitative estimate of drug-likeness (QED) is 0.866. The molecule has 3 rings (SSSR count). The highest BCUT2D eigenvalue weighted by Gasteiger charge is 2.38. The predicted octanol–water partition coefficient (Wildman–Crippen LogP) is 2.83. The Hall–Kier alpha value is -1.55. The van der Waals surface area contributed by atoms with Gasteiger partial charge >= 0.3 is 6.03 Å². The monoisotopic (exact) mass is 316 g/mol. The zero-order chi connectivity index (χ0) is 16.4. The molecular formula is C19H28N2O2. The van der Waals surface area contributed by atoms with Crippen LogP contribution in [0.3, 0.4) is 0 Å². The van der Waals surface area contributed by atoms with E-state index in [1.54, 1.807) is 0 Å². The van der Waals surface area contributed by atoms with Crippen molar-refractivity contribution in [1.82, 2.24) is 9.80 Å². The molecule has 2 amide bonds. The number of piperidine rings is 1. The largest absolute Gasteiger partial charge is 0.388 e. The number of rotatable bonds is 1. The van der Waals surface area contributed by atoms with Crippen molar-refractivity contribution >= 4 is 6.03 Å². The maximum absolute atomic E-state index is 13.1. The molecule has 23 heavy (non-hydrogen) atoms. The normalized spacial score (nSPS) is 22.5. The minimum Gasteiger partial charge on any atom is -0.388 e. The topological polar surface area (TPSA) is 43.8 Å². The van der Waals surface area contributed by atoms with Crippen LogP contribution < -0.4 is 0 Å². The van der Waals surface area contributed by atoms with E-state index in [4.69, 9.17) is 0 Å². The summed E-state index contributed by atoms with van der Waals surface area (Å²) < 4.78 is 0. The molecule has 1 atom stereocenters. The van der Waals surface area contributed by atoms with Gasteiger partial charge < -0.3 is 14.9 Å². The zero-order valence-corrected chi connectivity index (χ0v) is 14.3. The first kappa shape index (κ1) is 16.3. The van der Waals surface area contributed by atoms with Crippen LogP contribution in [0.1, 0.15) is 44.2 Å². The van der Waals surface area contributed by atoms with E-state index < -0.39 is 5.60 Å². The number of benzene rings is 1. The predicted molar refractivity (Wildman–Crippen MR) is 91.5 cm³/mol. The highest BCUT2D eigenvalue weighted by molar-refractivity contribution is 5.75. The number of hydrogen-bond donors (Lipinski definition) is 1. The molecule has 0 aliphatic carbocycles. The van der Waals surface area contributed by atoms with E-state index in [1.807, 2.05) is 29.7 Å². The molecule has 4 nitrogen and oxygen atoms in total. The molecule has 126 valence electrons. The molecular weight excluding hydrogens is 288 g/mol. The Kier molecular flexibility index (Phi) is 4.62. The van der Waals surface area contributed by atoms with Crippen molar-refractivity contribution in [2.75, 3.05) is 19.6 Å². The first-order valence-corrected chi connectivity index (χ1v) is 8.81. The Morgan fingerprint density at radius 3 is 2.39 bits per heavy atom. The van der Waals surface area contributed by atoms with Gasteiger partial charge in [0.15, 0.2) is 0 Å². The highest BCUT2D eigenvalue weighted by atomic mass is 16.3. The second-order valence-electron chi connectivity index (χ2n) is 7.42. The van der Waals surface area contributed by atoms with Crippen molar-refractivity contribution in [3.8, 4) is 0 Å². The van der Waals surface area contributed by atoms with Crippen molar-refractivity contribution in [3.05, 3.63) is 35.4 Å². The molecule has 2 heterocycles. The van der Waals surface area contributed by atoms with Gasteiger partial charge in [-0.25, -0.2) is 4.79 Å². The van der Waals surface area contributed by atoms with Crippen LogP contribution in [-0.2, 0) is 12.8 Å². The van der Waals surface area contributed by atoms with Crippen LogP contribution in [0, 0.1) is 0 Å². The lowest BCUT2D eigenvalue weighted by molar-refractivity contribution is -0.00959. The third-order valence-corrected chi connectivity index (χ3v) is 5.22. The summed E-state index contributed by atoms with van der Waals surface area (Å²) in [5, 5.41) is 10.7. The van der Waals surface area contributed by atoms with Gasteiger partial charge in [0.1, 0.15) is 0 Å². The molecule has 1 aromatic rings. The van der Waals surface area contributed by atoms with Crippen molar-refractivity contribution in [3.63, 3.8) is 0 Å². The first-order valence-electron chi connectivity index (χ1n) is 8.81. The average Bonchev–Trinajstić information content (AvgIpc) is 2.74. The summed E-state index contributed by atoms with van der Waals surface area (Å²) in [6.07, 6.45) is 4.98. The molecule has 1 saturated heterocycles. The van der Waals surface area contributed by atoms with E-state index in [0.717, 1.165) is 38.8 Å². The van der Waals surface area contributed by atoms with E-state index in [-0.39, 0.29) is 12.1 Å². The number of fused-ring (bicyclic) bond motifs is 1. The fourth-order valence-corrected chi connectivity index (χ4v) is 3.84. The summed E-state index contributed by atoms with van der Waals surface area (Å²) in [6, 6.07) is 8.29. The lowest BCUT2D eigenvalue weighted by atomic mass is 9.90. The Labute approximate surface area is 139 Å². The summed E-state index contributed by atoms with van der Waals surface area (Å²) in [6.45, 7) is 6.02. The number of carbonyl (C=O) groups is 1. The smallest absolute Gasteiger partial charge is 0.320 e. The number of nitrogens with zero attached hydrogens (tertiary/aromatic N) is 2. The summed E-state index contributed by atoms with van der Waals surface area (Å²) >= 11 is 0. The van der Waals surface area contributed by atoms with E-state index in [0.29, 0.717) is 6.54 Å². The number of carbonyl (C=O) groups excluding carboxylic acids is 1. The minimum absolute atomic E-state index is 0.102. The standard InChI is InChI=1S/C19H28N2O2/c1-19(2,23)17-14-16-9-5-4-8-15(16)10-13-21(17)18(22)20-11-6-3-7-12-20/h4-5,8-9,17,23H,3,6-7,10-14H2,1-2H3. The van der Waals surface area contributed by atoms with Gasteiger partial charge in [-0.3, -0.25) is 0 Å². The molecule has 1 N–H and O–H groups in total. The summed E-state index contributed by atoms with van der Waals surface area (Å²) in [5.74, 6) is 0. The van der Waals surface area contributed by atoms with Gasteiger partial charge in [0.25, 0.3) is 0 Å².